The van der Waals surface area contributed by atoms with Gasteiger partial charge in [-0.05, 0) is 82.6 Å². The van der Waals surface area contributed by atoms with Gasteiger partial charge >= 0.3 is 0 Å². The second-order valence-electron chi connectivity index (χ2n) is 15.1. The summed E-state index contributed by atoms with van der Waals surface area (Å²) in [6.07, 6.45) is 0. The summed E-state index contributed by atoms with van der Waals surface area (Å²) in [6.45, 7) is 0. The summed E-state index contributed by atoms with van der Waals surface area (Å²) in [5.74, 6) is 1.60. The van der Waals surface area contributed by atoms with Crippen LogP contribution in [0.25, 0.3) is 133 Å². The molecule has 0 aliphatic carbocycles. The quantitative estimate of drug-likeness (QED) is 0.178. The second-order valence-corrected chi connectivity index (χ2v) is 15.1. The second kappa shape index (κ2) is 12.2. The number of hydrogen-bond donors (Lipinski definition) is 0. The van der Waals surface area contributed by atoms with E-state index in [-0.39, 0.29) is 0 Å². The Labute approximate surface area is 335 Å². The Morgan fingerprint density at radius 2 is 0.847 bits per heavy atom. The van der Waals surface area contributed by atoms with E-state index in [1.54, 1.807) is 0 Å². The van der Waals surface area contributed by atoms with E-state index in [4.69, 9.17) is 28.2 Å². The van der Waals surface area contributed by atoms with Crippen LogP contribution in [0, 0.1) is 0 Å². The molecule has 6 nitrogen and oxygen atoms in total. The van der Waals surface area contributed by atoms with Crippen LogP contribution in [-0.2, 0) is 0 Å². The Kier molecular flexibility index (Phi) is 6.63. The number of hydrogen-bond acceptors (Lipinski definition) is 6. The number of fused-ring (bicyclic) bond motifs is 13. The molecular formula is C53H29N3O3. The largest absolute Gasteiger partial charge is 0.456 e. The van der Waals surface area contributed by atoms with Crippen LogP contribution >= 0.6 is 0 Å². The molecule has 6 heteroatoms. The molecule has 0 fully saturated rings. The van der Waals surface area contributed by atoms with Gasteiger partial charge < -0.3 is 13.3 Å². The fraction of sp³-hybridized carbons (Fsp3) is 0. The predicted octanol–water partition coefficient (Wildman–Crippen LogP) is 14.5. The Bertz CT molecular complexity index is 3860. The van der Waals surface area contributed by atoms with Crippen molar-refractivity contribution in [3.63, 3.8) is 0 Å². The van der Waals surface area contributed by atoms with Crippen molar-refractivity contribution in [1.29, 1.82) is 0 Å². The highest BCUT2D eigenvalue weighted by molar-refractivity contribution is 6.18. The maximum atomic E-state index is 6.80. The highest BCUT2D eigenvalue weighted by atomic mass is 16.3. The van der Waals surface area contributed by atoms with Crippen molar-refractivity contribution in [3.05, 3.63) is 176 Å². The van der Waals surface area contributed by atoms with Crippen molar-refractivity contribution < 1.29 is 13.3 Å². The molecule has 0 aliphatic heterocycles. The van der Waals surface area contributed by atoms with Gasteiger partial charge in [0.05, 0.1) is 5.56 Å². The third-order valence-corrected chi connectivity index (χ3v) is 11.7. The van der Waals surface area contributed by atoms with Gasteiger partial charge in [0.2, 0.25) is 0 Å². The van der Waals surface area contributed by atoms with E-state index in [1.807, 2.05) is 78.9 Å². The van der Waals surface area contributed by atoms with Gasteiger partial charge in [0.25, 0.3) is 0 Å². The van der Waals surface area contributed by atoms with E-state index in [9.17, 15) is 0 Å². The Morgan fingerprint density at radius 1 is 0.288 bits per heavy atom. The molecule has 4 heterocycles. The summed E-state index contributed by atoms with van der Waals surface area (Å²) in [4.78, 5) is 15.7. The number of furan rings is 3. The summed E-state index contributed by atoms with van der Waals surface area (Å²) >= 11 is 0. The highest BCUT2D eigenvalue weighted by Crippen LogP contribution is 2.42. The SMILES string of the molecule is c1ccc(-c2cccc3oc4ccc(-c5nc(-c6ccc7oc8c9ccccc9ccc8c7c6)nc(-c6cccc7c6oc6c8ccccc8ccc76)n5)cc4c23)cc1. The zero-order chi connectivity index (χ0) is 38.6. The molecule has 0 amide bonds. The van der Waals surface area contributed by atoms with Gasteiger partial charge in [-0.2, -0.15) is 0 Å². The first-order chi connectivity index (χ1) is 29.2. The fourth-order valence-corrected chi connectivity index (χ4v) is 8.92. The van der Waals surface area contributed by atoms with Gasteiger partial charge in [0.1, 0.15) is 33.5 Å². The summed E-state index contributed by atoms with van der Waals surface area (Å²) < 4.78 is 19.7. The average Bonchev–Trinajstić information content (AvgIpc) is 4.00. The lowest BCUT2D eigenvalue weighted by atomic mass is 9.99. The maximum absolute atomic E-state index is 6.80. The van der Waals surface area contributed by atoms with E-state index < -0.39 is 0 Å². The zero-order valence-electron chi connectivity index (χ0n) is 31.3. The molecule has 9 aromatic carbocycles. The molecule has 0 aliphatic rings. The zero-order valence-corrected chi connectivity index (χ0v) is 31.3. The molecule has 0 unspecified atom stereocenters. The minimum Gasteiger partial charge on any atom is -0.456 e. The molecule has 13 rings (SSSR count). The number of benzene rings is 9. The van der Waals surface area contributed by atoms with Crippen LogP contribution in [0.2, 0.25) is 0 Å². The lowest BCUT2D eigenvalue weighted by Crippen LogP contribution is -2.00. The van der Waals surface area contributed by atoms with Crippen molar-refractivity contribution in [2.75, 3.05) is 0 Å². The van der Waals surface area contributed by atoms with Crippen molar-refractivity contribution >= 4 is 87.4 Å². The van der Waals surface area contributed by atoms with Crippen LogP contribution < -0.4 is 0 Å². The normalized spacial score (nSPS) is 12.1. The van der Waals surface area contributed by atoms with Crippen molar-refractivity contribution in [2.24, 2.45) is 0 Å². The minimum atomic E-state index is 0.518. The average molecular weight is 756 g/mol. The number of aromatic nitrogens is 3. The molecule has 13 aromatic rings. The molecular weight excluding hydrogens is 727 g/mol. The first kappa shape index (κ1) is 32.0. The van der Waals surface area contributed by atoms with Crippen LogP contribution in [0.3, 0.4) is 0 Å². The van der Waals surface area contributed by atoms with Crippen molar-refractivity contribution in [3.8, 4) is 45.3 Å². The summed E-state index contributed by atoms with van der Waals surface area (Å²) in [5.41, 5.74) is 9.58. The molecule has 59 heavy (non-hydrogen) atoms. The van der Waals surface area contributed by atoms with Gasteiger partial charge in [-0.15, -0.1) is 0 Å². The summed E-state index contributed by atoms with van der Waals surface area (Å²) in [5, 5.41) is 10.5. The molecule has 0 saturated heterocycles. The van der Waals surface area contributed by atoms with Gasteiger partial charge in [0, 0.05) is 54.2 Å². The Morgan fingerprint density at radius 3 is 1.59 bits per heavy atom. The van der Waals surface area contributed by atoms with Gasteiger partial charge in [0.15, 0.2) is 17.5 Å². The lowest BCUT2D eigenvalue weighted by Gasteiger charge is -2.09. The van der Waals surface area contributed by atoms with Gasteiger partial charge in [-0.25, -0.2) is 15.0 Å². The smallest absolute Gasteiger partial charge is 0.167 e. The molecule has 0 bridgehead atoms. The third-order valence-electron chi connectivity index (χ3n) is 11.7. The fourth-order valence-electron chi connectivity index (χ4n) is 8.92. The standard InChI is InChI=1S/C53H29N3O3/c1-2-10-30(11-3-1)35-16-9-19-46-47(35)43-29-34(23-27-45(43)57-46)52-54-51(33-22-26-44-42(28-33)40-25-21-31-12-4-6-14-36(31)48(40)58-44)55-53(56-52)41-18-8-17-38-39-24-20-32-13-5-7-15-37(32)49(39)59-50(38)41/h1-29H. The van der Waals surface area contributed by atoms with Crippen LogP contribution in [0.5, 0.6) is 0 Å². The first-order valence-electron chi connectivity index (χ1n) is 19.7. The molecule has 0 saturated carbocycles. The van der Waals surface area contributed by atoms with Crippen molar-refractivity contribution in [2.45, 2.75) is 0 Å². The molecule has 4 aromatic heterocycles. The Hall–Kier alpha value is -8.09. The molecule has 0 N–H and O–H groups in total. The number of nitrogens with zero attached hydrogens (tertiary/aromatic N) is 3. The highest BCUT2D eigenvalue weighted by Gasteiger charge is 2.21. The van der Waals surface area contributed by atoms with Crippen LogP contribution in [0.1, 0.15) is 0 Å². The first-order valence-corrected chi connectivity index (χ1v) is 19.7. The van der Waals surface area contributed by atoms with Crippen LogP contribution in [0.15, 0.2) is 189 Å². The predicted molar refractivity (Wildman–Crippen MR) is 238 cm³/mol. The van der Waals surface area contributed by atoms with E-state index >= 15 is 0 Å². The van der Waals surface area contributed by atoms with Gasteiger partial charge in [-0.3, -0.25) is 0 Å². The van der Waals surface area contributed by atoms with Crippen LogP contribution in [0.4, 0.5) is 0 Å². The Balaban J connectivity index is 1.06. The van der Waals surface area contributed by atoms with E-state index in [2.05, 4.69) is 97.1 Å². The van der Waals surface area contributed by atoms with Crippen molar-refractivity contribution in [1.82, 2.24) is 15.0 Å². The maximum Gasteiger partial charge on any atom is 0.167 e. The van der Waals surface area contributed by atoms with E-state index in [1.165, 1.54) is 0 Å². The monoisotopic (exact) mass is 755 g/mol. The summed E-state index contributed by atoms with van der Waals surface area (Å²) in [7, 11) is 0. The molecule has 0 radical (unpaired) electrons. The number of rotatable bonds is 4. The van der Waals surface area contributed by atoms with E-state index in [0.717, 1.165) is 115 Å². The third kappa shape index (κ3) is 4.84. The van der Waals surface area contributed by atoms with Gasteiger partial charge in [-0.1, -0.05) is 115 Å². The number of para-hydroxylation sites is 1. The lowest BCUT2D eigenvalue weighted by molar-refractivity contribution is 0.669. The molecule has 274 valence electrons. The topological polar surface area (TPSA) is 78.1 Å². The molecule has 0 atom stereocenters. The van der Waals surface area contributed by atoms with Crippen LogP contribution in [-0.4, -0.2) is 15.0 Å². The minimum absolute atomic E-state index is 0.518. The molecule has 0 spiro atoms. The van der Waals surface area contributed by atoms with E-state index in [0.29, 0.717) is 17.5 Å². The summed E-state index contributed by atoms with van der Waals surface area (Å²) in [6, 6.07) is 60.4.